The average Bonchev–Trinajstić information content (AvgIpc) is 2.72. The molecule has 0 atom stereocenters. The van der Waals surface area contributed by atoms with Crippen molar-refractivity contribution in [2.24, 2.45) is 0 Å². The average molecular weight is 351 g/mol. The van der Waals surface area contributed by atoms with Gasteiger partial charge in [-0.15, -0.1) is 0 Å². The molecule has 138 valence electrons. The van der Waals surface area contributed by atoms with Crippen LogP contribution in [0.2, 0.25) is 0 Å². The molecular weight excluding hydrogens is 320 g/mol. The highest BCUT2D eigenvalue weighted by Gasteiger charge is 2.24. The molecule has 3 nitrogen and oxygen atoms in total. The Kier molecular flexibility index (Phi) is 6.84. The van der Waals surface area contributed by atoms with Crippen LogP contribution in [0.3, 0.4) is 0 Å². The van der Waals surface area contributed by atoms with Gasteiger partial charge in [0, 0.05) is 38.5 Å². The first-order valence-electron chi connectivity index (χ1n) is 9.88. The third-order valence-corrected chi connectivity index (χ3v) is 5.34. The molecule has 1 amide bonds. The van der Waals surface area contributed by atoms with Gasteiger partial charge in [-0.3, -0.25) is 9.69 Å². The smallest absolute Gasteiger partial charge is 0.223 e. The van der Waals surface area contributed by atoms with Crippen LogP contribution in [0.25, 0.3) is 0 Å². The van der Waals surface area contributed by atoms with Crippen LogP contribution < -0.4 is 0 Å². The molecule has 0 radical (unpaired) electrons. The van der Waals surface area contributed by atoms with Crippen LogP contribution in [0.15, 0.2) is 60.7 Å². The van der Waals surface area contributed by atoms with Crippen molar-refractivity contribution in [3.05, 3.63) is 71.8 Å². The Balaban J connectivity index is 1.65. The van der Waals surface area contributed by atoms with E-state index in [-0.39, 0.29) is 11.8 Å². The number of hydrogen-bond acceptors (Lipinski definition) is 2. The van der Waals surface area contributed by atoms with Crippen LogP contribution >= 0.6 is 0 Å². The van der Waals surface area contributed by atoms with Crippen molar-refractivity contribution < 1.29 is 4.79 Å². The summed E-state index contributed by atoms with van der Waals surface area (Å²) in [6.45, 7) is 7.13. The third kappa shape index (κ3) is 4.95. The molecule has 1 aliphatic rings. The van der Waals surface area contributed by atoms with Gasteiger partial charge in [0.15, 0.2) is 0 Å². The lowest BCUT2D eigenvalue weighted by Crippen LogP contribution is -2.49. The molecule has 2 aromatic rings. The summed E-state index contributed by atoms with van der Waals surface area (Å²) in [6.07, 6.45) is 3.02. The number of benzene rings is 2. The van der Waals surface area contributed by atoms with E-state index in [1.54, 1.807) is 0 Å². The minimum atomic E-state index is 0.128. The number of nitrogens with zero attached hydrogens (tertiary/aromatic N) is 2. The maximum Gasteiger partial charge on any atom is 0.223 e. The zero-order valence-corrected chi connectivity index (χ0v) is 15.8. The van der Waals surface area contributed by atoms with Gasteiger partial charge in [0.25, 0.3) is 0 Å². The molecule has 1 saturated heterocycles. The lowest BCUT2D eigenvalue weighted by molar-refractivity contribution is -0.133. The van der Waals surface area contributed by atoms with Gasteiger partial charge in [0.2, 0.25) is 5.91 Å². The van der Waals surface area contributed by atoms with Gasteiger partial charge in [-0.1, -0.05) is 74.0 Å². The summed E-state index contributed by atoms with van der Waals surface area (Å²) in [6, 6.07) is 20.8. The SMILES string of the molecule is CCCCN1CCN(C(=O)CC(c2ccccc2)c2ccccc2)CC1. The second-order valence-corrected chi connectivity index (χ2v) is 7.15. The molecule has 0 spiro atoms. The van der Waals surface area contributed by atoms with Gasteiger partial charge in [0.1, 0.15) is 0 Å². The summed E-state index contributed by atoms with van der Waals surface area (Å²) in [4.78, 5) is 17.5. The molecule has 1 aliphatic heterocycles. The fraction of sp³-hybridized carbons (Fsp3) is 0.435. The van der Waals surface area contributed by atoms with Gasteiger partial charge in [-0.25, -0.2) is 0 Å². The summed E-state index contributed by atoms with van der Waals surface area (Å²) in [5.41, 5.74) is 2.43. The summed E-state index contributed by atoms with van der Waals surface area (Å²) >= 11 is 0. The molecule has 0 N–H and O–H groups in total. The van der Waals surface area contributed by atoms with Crippen LogP contribution in [0, 0.1) is 0 Å². The van der Waals surface area contributed by atoms with Gasteiger partial charge < -0.3 is 4.90 Å². The first-order chi connectivity index (χ1) is 12.8. The van der Waals surface area contributed by atoms with E-state index in [1.807, 2.05) is 12.1 Å². The predicted molar refractivity (Wildman–Crippen MR) is 107 cm³/mol. The van der Waals surface area contributed by atoms with E-state index in [0.29, 0.717) is 6.42 Å². The first-order valence-corrected chi connectivity index (χ1v) is 9.88. The van der Waals surface area contributed by atoms with E-state index in [2.05, 4.69) is 65.3 Å². The lowest BCUT2D eigenvalue weighted by Gasteiger charge is -2.35. The Hall–Kier alpha value is -2.13. The number of piperazine rings is 1. The predicted octanol–water partition coefficient (Wildman–Crippen LogP) is 4.15. The fourth-order valence-corrected chi connectivity index (χ4v) is 3.71. The van der Waals surface area contributed by atoms with E-state index in [4.69, 9.17) is 0 Å². The summed E-state index contributed by atoms with van der Waals surface area (Å²) in [7, 11) is 0. The molecular formula is C23H30N2O. The van der Waals surface area contributed by atoms with E-state index >= 15 is 0 Å². The molecule has 0 aromatic heterocycles. The Morgan fingerprint density at radius 3 is 1.92 bits per heavy atom. The summed E-state index contributed by atoms with van der Waals surface area (Å²) < 4.78 is 0. The van der Waals surface area contributed by atoms with Gasteiger partial charge in [0.05, 0.1) is 0 Å². The molecule has 26 heavy (non-hydrogen) atoms. The normalized spacial score (nSPS) is 15.4. The van der Waals surface area contributed by atoms with E-state index in [0.717, 1.165) is 32.7 Å². The number of carbonyl (C=O) groups excluding carboxylic acids is 1. The minimum absolute atomic E-state index is 0.128. The second kappa shape index (κ2) is 9.54. The number of hydrogen-bond donors (Lipinski definition) is 0. The van der Waals surface area contributed by atoms with Crippen LogP contribution in [0.5, 0.6) is 0 Å². The maximum atomic E-state index is 13.0. The van der Waals surface area contributed by atoms with Gasteiger partial charge in [-0.2, -0.15) is 0 Å². The topological polar surface area (TPSA) is 23.6 Å². The Bertz CT molecular complexity index is 624. The first kappa shape index (κ1) is 18.7. The quantitative estimate of drug-likeness (QED) is 0.749. The highest BCUT2D eigenvalue weighted by Crippen LogP contribution is 2.28. The molecule has 0 saturated carbocycles. The molecule has 3 heteroatoms. The summed E-state index contributed by atoms with van der Waals surface area (Å²) in [5, 5.41) is 0. The minimum Gasteiger partial charge on any atom is -0.340 e. The Morgan fingerprint density at radius 1 is 0.885 bits per heavy atom. The molecule has 0 aliphatic carbocycles. The van der Waals surface area contributed by atoms with E-state index in [1.165, 1.54) is 24.0 Å². The number of rotatable bonds is 7. The van der Waals surface area contributed by atoms with E-state index < -0.39 is 0 Å². The van der Waals surface area contributed by atoms with Crippen molar-refractivity contribution in [2.45, 2.75) is 32.1 Å². The highest BCUT2D eigenvalue weighted by atomic mass is 16.2. The molecule has 2 aromatic carbocycles. The van der Waals surface area contributed by atoms with E-state index in [9.17, 15) is 4.79 Å². The van der Waals surface area contributed by atoms with Crippen molar-refractivity contribution in [2.75, 3.05) is 32.7 Å². The van der Waals surface area contributed by atoms with Crippen LogP contribution in [0.4, 0.5) is 0 Å². The largest absolute Gasteiger partial charge is 0.340 e. The highest BCUT2D eigenvalue weighted by molar-refractivity contribution is 5.78. The summed E-state index contributed by atoms with van der Waals surface area (Å²) in [5.74, 6) is 0.404. The molecule has 0 unspecified atom stereocenters. The molecule has 3 rings (SSSR count). The zero-order valence-electron chi connectivity index (χ0n) is 15.8. The number of unbranched alkanes of at least 4 members (excludes halogenated alkanes) is 1. The van der Waals surface area contributed by atoms with Crippen molar-refractivity contribution in [3.8, 4) is 0 Å². The van der Waals surface area contributed by atoms with Crippen molar-refractivity contribution in [1.82, 2.24) is 9.80 Å². The van der Waals surface area contributed by atoms with Crippen molar-refractivity contribution in [3.63, 3.8) is 0 Å². The van der Waals surface area contributed by atoms with Gasteiger partial charge >= 0.3 is 0 Å². The number of amides is 1. The van der Waals surface area contributed by atoms with Crippen molar-refractivity contribution >= 4 is 5.91 Å². The fourth-order valence-electron chi connectivity index (χ4n) is 3.71. The van der Waals surface area contributed by atoms with Gasteiger partial charge in [-0.05, 0) is 24.1 Å². The molecule has 1 fully saturated rings. The Labute approximate surface area is 157 Å². The second-order valence-electron chi connectivity index (χ2n) is 7.15. The van der Waals surface area contributed by atoms with Crippen LogP contribution in [-0.2, 0) is 4.79 Å². The van der Waals surface area contributed by atoms with Crippen LogP contribution in [0.1, 0.15) is 43.2 Å². The Morgan fingerprint density at radius 2 is 1.42 bits per heavy atom. The number of carbonyl (C=O) groups is 1. The standard InChI is InChI=1S/C23H30N2O/c1-2-3-14-24-15-17-25(18-16-24)23(26)19-22(20-10-6-4-7-11-20)21-12-8-5-9-13-21/h4-13,22H,2-3,14-19H2,1H3. The van der Waals surface area contributed by atoms with Crippen LogP contribution in [-0.4, -0.2) is 48.4 Å². The zero-order chi connectivity index (χ0) is 18.2. The maximum absolute atomic E-state index is 13.0. The molecule has 1 heterocycles. The molecule has 0 bridgehead atoms. The third-order valence-electron chi connectivity index (χ3n) is 5.34. The monoisotopic (exact) mass is 350 g/mol. The lowest BCUT2D eigenvalue weighted by atomic mass is 9.88. The van der Waals surface area contributed by atoms with Crippen molar-refractivity contribution in [1.29, 1.82) is 0 Å².